The first-order valence-corrected chi connectivity index (χ1v) is 4.13. The van der Waals surface area contributed by atoms with Gasteiger partial charge in [0, 0.05) is 5.57 Å². The van der Waals surface area contributed by atoms with Gasteiger partial charge in [-0.05, 0) is 24.1 Å². The van der Waals surface area contributed by atoms with E-state index in [1.807, 2.05) is 37.3 Å². The van der Waals surface area contributed by atoms with Gasteiger partial charge in [-0.1, -0.05) is 36.9 Å². The zero-order valence-electron chi connectivity index (χ0n) is 7.66. The summed E-state index contributed by atoms with van der Waals surface area (Å²) in [4.78, 5) is 10.5. The van der Waals surface area contributed by atoms with Crippen LogP contribution in [0.2, 0.25) is 0 Å². The lowest BCUT2D eigenvalue weighted by Gasteiger charge is -1.98. The van der Waals surface area contributed by atoms with Gasteiger partial charge >= 0.3 is 0 Å². The highest BCUT2D eigenvalue weighted by Gasteiger charge is 1.93. The number of carbonyl (C=O) groups excluding carboxylic acids is 1. The van der Waals surface area contributed by atoms with Crippen LogP contribution < -0.4 is 0 Å². The second-order valence-corrected chi connectivity index (χ2v) is 2.82. The molecule has 0 unspecified atom stereocenters. The summed E-state index contributed by atoms with van der Waals surface area (Å²) in [5.41, 5.74) is 2.82. The lowest BCUT2D eigenvalue weighted by molar-refractivity contribution is -0.104. The molecule has 0 N–H and O–H groups in total. The molecule has 0 saturated heterocycles. The molecule has 0 amide bonds. The van der Waals surface area contributed by atoms with Gasteiger partial charge in [0.05, 0.1) is 0 Å². The summed E-state index contributed by atoms with van der Waals surface area (Å²) >= 11 is 0. The lowest BCUT2D eigenvalue weighted by Crippen LogP contribution is -1.82. The Labute approximate surface area is 78.4 Å². The van der Waals surface area contributed by atoms with Crippen LogP contribution in [0.15, 0.2) is 42.5 Å². The van der Waals surface area contributed by atoms with E-state index in [0.717, 1.165) is 17.4 Å². The van der Waals surface area contributed by atoms with Crippen LogP contribution in [0.5, 0.6) is 0 Å². The molecule has 0 aliphatic heterocycles. The van der Waals surface area contributed by atoms with Crippen molar-refractivity contribution >= 4 is 12.4 Å². The van der Waals surface area contributed by atoms with Gasteiger partial charge in [-0.15, -0.1) is 0 Å². The Bertz CT molecular complexity index is 338. The van der Waals surface area contributed by atoms with Gasteiger partial charge in [0.1, 0.15) is 6.29 Å². The molecule has 0 saturated carbocycles. The van der Waals surface area contributed by atoms with E-state index >= 15 is 0 Å². The predicted octanol–water partition coefficient (Wildman–Crippen LogP) is 2.76. The molecule has 1 nitrogen and oxygen atoms in total. The molecular formula is C12H12O. The van der Waals surface area contributed by atoms with E-state index in [1.54, 1.807) is 6.08 Å². The van der Waals surface area contributed by atoms with Crippen molar-refractivity contribution in [2.75, 3.05) is 0 Å². The van der Waals surface area contributed by atoms with E-state index in [-0.39, 0.29) is 0 Å². The highest BCUT2D eigenvalue weighted by molar-refractivity contribution is 5.85. The first-order chi connectivity index (χ1) is 6.27. The van der Waals surface area contributed by atoms with Crippen molar-refractivity contribution in [1.82, 2.24) is 0 Å². The fourth-order valence-corrected chi connectivity index (χ4v) is 1.07. The monoisotopic (exact) mass is 172 g/mol. The summed E-state index contributed by atoms with van der Waals surface area (Å²) < 4.78 is 0. The van der Waals surface area contributed by atoms with Crippen molar-refractivity contribution in [2.45, 2.75) is 6.92 Å². The highest BCUT2D eigenvalue weighted by atomic mass is 16.1. The van der Waals surface area contributed by atoms with Crippen molar-refractivity contribution in [3.05, 3.63) is 53.6 Å². The maximum absolute atomic E-state index is 10.5. The minimum atomic E-state index is 0.606. The summed E-state index contributed by atoms with van der Waals surface area (Å²) in [7, 11) is 0. The second kappa shape index (κ2) is 4.41. The SMILES string of the molecule is C=C/C(C=O)=C\c1ccccc1C. The van der Waals surface area contributed by atoms with E-state index < -0.39 is 0 Å². The Morgan fingerprint density at radius 3 is 2.62 bits per heavy atom. The number of rotatable bonds is 3. The third-order valence-electron chi connectivity index (χ3n) is 1.88. The molecular weight excluding hydrogens is 160 g/mol. The van der Waals surface area contributed by atoms with Gasteiger partial charge in [-0.3, -0.25) is 4.79 Å². The van der Waals surface area contributed by atoms with Gasteiger partial charge < -0.3 is 0 Å². The summed E-state index contributed by atoms with van der Waals surface area (Å²) in [6, 6.07) is 7.91. The topological polar surface area (TPSA) is 17.1 Å². The summed E-state index contributed by atoms with van der Waals surface area (Å²) in [6.45, 7) is 5.57. The van der Waals surface area contributed by atoms with E-state index in [2.05, 4.69) is 6.58 Å². The number of carbonyl (C=O) groups is 1. The molecule has 1 heteroatoms. The van der Waals surface area contributed by atoms with Gasteiger partial charge in [0.15, 0.2) is 0 Å². The van der Waals surface area contributed by atoms with Gasteiger partial charge in [0.25, 0.3) is 0 Å². The predicted molar refractivity (Wildman–Crippen MR) is 55.4 cm³/mol. The van der Waals surface area contributed by atoms with Crippen molar-refractivity contribution in [2.24, 2.45) is 0 Å². The van der Waals surface area contributed by atoms with Crippen LogP contribution in [0.25, 0.3) is 6.08 Å². The summed E-state index contributed by atoms with van der Waals surface area (Å²) in [6.07, 6.45) is 4.19. The minimum Gasteiger partial charge on any atom is -0.298 e. The second-order valence-electron chi connectivity index (χ2n) is 2.82. The largest absolute Gasteiger partial charge is 0.298 e. The van der Waals surface area contributed by atoms with Crippen LogP contribution in [0.4, 0.5) is 0 Å². The molecule has 13 heavy (non-hydrogen) atoms. The van der Waals surface area contributed by atoms with E-state index in [4.69, 9.17) is 0 Å². The highest BCUT2D eigenvalue weighted by Crippen LogP contribution is 2.11. The van der Waals surface area contributed by atoms with E-state index in [0.29, 0.717) is 5.57 Å². The number of hydrogen-bond acceptors (Lipinski definition) is 1. The Hall–Kier alpha value is -1.63. The third-order valence-corrected chi connectivity index (χ3v) is 1.88. The number of aldehydes is 1. The molecule has 0 radical (unpaired) electrons. The average molecular weight is 172 g/mol. The molecule has 0 fully saturated rings. The standard InChI is InChI=1S/C12H12O/c1-3-11(9-13)8-12-7-5-4-6-10(12)2/h3-9H,1H2,2H3/b11-8+. The Morgan fingerprint density at radius 2 is 2.08 bits per heavy atom. The smallest absolute Gasteiger partial charge is 0.150 e. The molecule has 0 aromatic heterocycles. The molecule has 0 aliphatic carbocycles. The minimum absolute atomic E-state index is 0.606. The average Bonchev–Trinajstić information content (AvgIpc) is 2.17. The quantitative estimate of drug-likeness (QED) is 0.389. The van der Waals surface area contributed by atoms with Crippen molar-refractivity contribution < 1.29 is 4.79 Å². The van der Waals surface area contributed by atoms with Crippen LogP contribution in [-0.4, -0.2) is 6.29 Å². The Balaban J connectivity index is 3.09. The molecule has 0 heterocycles. The molecule has 66 valence electrons. The molecule has 1 aromatic carbocycles. The van der Waals surface area contributed by atoms with Gasteiger partial charge in [0.2, 0.25) is 0 Å². The number of hydrogen-bond donors (Lipinski definition) is 0. The van der Waals surface area contributed by atoms with Crippen LogP contribution in [0.1, 0.15) is 11.1 Å². The van der Waals surface area contributed by atoms with Crippen LogP contribution >= 0.6 is 0 Å². The number of aryl methyl sites for hydroxylation is 1. The van der Waals surface area contributed by atoms with E-state index in [1.165, 1.54) is 0 Å². The third kappa shape index (κ3) is 2.41. The summed E-state index contributed by atoms with van der Waals surface area (Å²) in [5.74, 6) is 0. The van der Waals surface area contributed by atoms with Crippen molar-refractivity contribution in [1.29, 1.82) is 0 Å². The Kier molecular flexibility index (Phi) is 3.21. The molecule has 1 rings (SSSR count). The van der Waals surface area contributed by atoms with Crippen LogP contribution in [0, 0.1) is 6.92 Å². The van der Waals surface area contributed by atoms with Crippen LogP contribution in [-0.2, 0) is 4.79 Å². The van der Waals surface area contributed by atoms with Crippen molar-refractivity contribution in [3.63, 3.8) is 0 Å². The maximum Gasteiger partial charge on any atom is 0.150 e. The van der Waals surface area contributed by atoms with Gasteiger partial charge in [-0.25, -0.2) is 0 Å². The number of allylic oxidation sites excluding steroid dienone is 2. The molecule has 0 spiro atoms. The normalized spacial score (nSPS) is 11.0. The molecule has 0 bridgehead atoms. The van der Waals surface area contributed by atoms with Crippen LogP contribution in [0.3, 0.4) is 0 Å². The fraction of sp³-hybridized carbons (Fsp3) is 0.0833. The first-order valence-electron chi connectivity index (χ1n) is 4.13. The first kappa shape index (κ1) is 9.46. The molecule has 1 aromatic rings. The Morgan fingerprint density at radius 1 is 1.38 bits per heavy atom. The zero-order chi connectivity index (χ0) is 9.68. The fourth-order valence-electron chi connectivity index (χ4n) is 1.07. The lowest BCUT2D eigenvalue weighted by atomic mass is 10.1. The number of benzene rings is 1. The maximum atomic E-state index is 10.5. The molecule has 0 aliphatic rings. The zero-order valence-corrected chi connectivity index (χ0v) is 7.66. The molecule has 0 atom stereocenters. The summed E-state index contributed by atoms with van der Waals surface area (Å²) in [5, 5.41) is 0. The van der Waals surface area contributed by atoms with Gasteiger partial charge in [-0.2, -0.15) is 0 Å². The van der Waals surface area contributed by atoms with E-state index in [9.17, 15) is 4.79 Å². The van der Waals surface area contributed by atoms with Crippen molar-refractivity contribution in [3.8, 4) is 0 Å².